The highest BCUT2D eigenvalue weighted by Crippen LogP contribution is 2.53. The van der Waals surface area contributed by atoms with Gasteiger partial charge in [0.2, 0.25) is 0 Å². The third-order valence-corrected chi connectivity index (χ3v) is 31.3. The van der Waals surface area contributed by atoms with Crippen molar-refractivity contribution in [3.63, 3.8) is 0 Å². The highest BCUT2D eigenvalue weighted by molar-refractivity contribution is 7.43. The smallest absolute Gasteiger partial charge is 0.418 e. The maximum atomic E-state index is 7.39. The first kappa shape index (κ1) is 120. The average molecular weight is 1930 g/mol. The van der Waals surface area contributed by atoms with Gasteiger partial charge in [0.15, 0.2) is 0 Å². The predicted molar refractivity (Wildman–Crippen MR) is 595 cm³/mol. The normalized spacial score (nSPS) is 13.2. The monoisotopic (exact) mass is 1930 g/mol. The van der Waals surface area contributed by atoms with E-state index in [9.17, 15) is 0 Å². The molecular weight excluding hydrogens is 1730 g/mol. The summed E-state index contributed by atoms with van der Waals surface area (Å²) in [5.41, 5.74) is 13.8. The summed E-state index contributed by atoms with van der Waals surface area (Å²) in [7, 11) is -5.53. The highest BCUT2D eigenvalue weighted by atomic mass is 31.2. The van der Waals surface area contributed by atoms with Gasteiger partial charge in [-0.2, -0.15) is 0 Å². The van der Waals surface area contributed by atoms with Crippen LogP contribution in [0.2, 0.25) is 0 Å². The average Bonchev–Trinajstić information content (AvgIpc) is 0.758. The van der Waals surface area contributed by atoms with Crippen molar-refractivity contribution in [2.24, 2.45) is 0 Å². The number of rotatable bonds is 83. The Morgan fingerprint density at radius 1 is 0.228 bits per heavy atom. The van der Waals surface area contributed by atoms with Crippen molar-refractivity contribution in [3.05, 3.63) is 176 Å². The van der Waals surface area contributed by atoms with Crippen molar-refractivity contribution >= 4 is 25.8 Å². The predicted octanol–water partition coefficient (Wildman–Crippen LogP) is 42.9. The fourth-order valence-electron chi connectivity index (χ4n) is 19.2. The van der Waals surface area contributed by atoms with E-state index in [-0.39, 0.29) is 28.1 Å². The molecule has 0 N–H and O–H groups in total. The zero-order valence-corrected chi connectivity index (χ0v) is 94.0. The Morgan fingerprint density at radius 2 is 0.419 bits per heavy atom. The van der Waals surface area contributed by atoms with E-state index >= 15 is 0 Å². The SMILES string of the molecule is CCCCCCCCCCCCCCOP(Oc1ccc(CCCCCCCCC)cc1)Oc1cc(C)c(C(C)CC(c2cc(C(C)(C)C)c(OP(OCCCCCCCCCCCCCC)Oc3ccc(CCCCCCCCC)cc3)cc2C)c2cc(C(C)(C)C)c(OP(OCCCCCCCCCCCCCC)Oc3ccc(CCCCCCCCC)cc3)cc2C)cc1C(C)(C)C. The quantitative estimate of drug-likeness (QED) is 0.0274. The summed E-state index contributed by atoms with van der Waals surface area (Å²) in [5, 5.41) is 0. The van der Waals surface area contributed by atoms with Gasteiger partial charge in [-0.05, 0) is 212 Å². The van der Waals surface area contributed by atoms with Gasteiger partial charge in [0, 0.05) is 22.6 Å². The summed E-state index contributed by atoms with van der Waals surface area (Å²) in [6, 6.07) is 40.8. The summed E-state index contributed by atoms with van der Waals surface area (Å²) in [4.78, 5) is 0. The molecule has 0 saturated carbocycles. The first-order chi connectivity index (χ1) is 65.9. The van der Waals surface area contributed by atoms with Gasteiger partial charge in [-0.1, -0.05) is 493 Å². The van der Waals surface area contributed by atoms with Crippen LogP contribution in [0.15, 0.2) is 109 Å². The van der Waals surface area contributed by atoms with E-state index in [0.717, 1.165) is 127 Å². The molecule has 0 aliphatic heterocycles. The Kier molecular flexibility index (Phi) is 64.0. The summed E-state index contributed by atoms with van der Waals surface area (Å²) in [6.45, 7) is 45.9. The molecule has 0 radical (unpaired) electrons. The summed E-state index contributed by atoms with van der Waals surface area (Å²) in [5.74, 6) is 4.79. The fraction of sp³-hybridized carbons (Fsp3) is 0.710. The van der Waals surface area contributed by atoms with Crippen LogP contribution in [-0.4, -0.2) is 19.8 Å². The minimum atomic E-state index is -1.85. The van der Waals surface area contributed by atoms with E-state index < -0.39 is 25.8 Å². The molecule has 0 spiro atoms. The van der Waals surface area contributed by atoms with Crippen LogP contribution in [0, 0.1) is 20.8 Å². The lowest BCUT2D eigenvalue weighted by Crippen LogP contribution is -2.19. The number of aryl methyl sites for hydroxylation is 6. The van der Waals surface area contributed by atoms with E-state index in [0.29, 0.717) is 19.8 Å². The lowest BCUT2D eigenvalue weighted by atomic mass is 9.74. The molecule has 770 valence electrons. The number of benzene rings is 6. The molecule has 9 nitrogen and oxygen atoms in total. The molecule has 6 rings (SSSR count). The van der Waals surface area contributed by atoms with Crippen LogP contribution >= 0.6 is 25.8 Å². The van der Waals surface area contributed by atoms with E-state index in [1.54, 1.807) is 0 Å². The van der Waals surface area contributed by atoms with E-state index in [1.165, 1.54) is 366 Å². The van der Waals surface area contributed by atoms with Crippen molar-refractivity contribution in [2.45, 2.75) is 551 Å². The zero-order valence-electron chi connectivity index (χ0n) is 91.3. The van der Waals surface area contributed by atoms with Crippen LogP contribution < -0.4 is 27.1 Å². The Labute approximate surface area is 842 Å². The van der Waals surface area contributed by atoms with Crippen molar-refractivity contribution in [3.8, 4) is 34.5 Å². The minimum absolute atomic E-state index is 0.0788. The minimum Gasteiger partial charge on any atom is -0.418 e. The molecule has 12 heteroatoms. The van der Waals surface area contributed by atoms with Gasteiger partial charge in [-0.3, -0.25) is 13.6 Å². The molecule has 6 aromatic rings. The molecule has 0 aliphatic carbocycles. The number of hydrogen-bond donors (Lipinski definition) is 0. The van der Waals surface area contributed by atoms with Gasteiger partial charge < -0.3 is 27.1 Å². The van der Waals surface area contributed by atoms with Gasteiger partial charge >= 0.3 is 25.8 Å². The van der Waals surface area contributed by atoms with Crippen molar-refractivity contribution in [2.75, 3.05) is 19.8 Å². The van der Waals surface area contributed by atoms with Crippen LogP contribution in [0.1, 0.15) is 562 Å². The lowest BCUT2D eigenvalue weighted by molar-refractivity contribution is 0.256. The fourth-order valence-corrected chi connectivity index (χ4v) is 22.3. The van der Waals surface area contributed by atoms with Crippen molar-refractivity contribution < 1.29 is 40.7 Å². The summed E-state index contributed by atoms with van der Waals surface area (Å²) < 4.78 is 63.7. The van der Waals surface area contributed by atoms with Gasteiger partial charge in [0.05, 0.1) is 19.8 Å². The Hall–Kier alpha value is -4.71. The standard InChI is InChI=1S/C124H205O9P3/c1-20-26-32-38-44-47-50-53-56-62-68-74-92-125-134(128-109-86-80-106(81-87-109)77-71-65-59-41-35-29-23-4)131-119-96-103(8)112(99-116(119)122(11,12)13)102(7)95-115(113-100-117(123(14,15)16)120(97-104(113)9)132-135(126-93-75-69-63-57-54-51-48-45-39-33-27-21-2)129-110-88-82-107(83-89-110)78-72-66-60-42-36-30-24-5)114-101-118(124(17,18)19)121(98-105(114)10)133-136(127-94-76-70-64-58-55-52-49-46-40-34-28-22-3)130-111-90-84-108(85-91-111)79-73-67-61-43-37-31-25-6/h80-91,96-102,115H,20-79,92-95H2,1-19H3. The maximum absolute atomic E-state index is 7.39. The van der Waals surface area contributed by atoms with E-state index in [4.69, 9.17) is 40.7 Å². The highest BCUT2D eigenvalue weighted by Gasteiger charge is 2.35. The molecule has 4 unspecified atom stereocenters. The third kappa shape index (κ3) is 51.5. The second-order valence-electron chi connectivity index (χ2n) is 44.0. The maximum Gasteiger partial charge on any atom is 0.463 e. The molecule has 0 amide bonds. The largest absolute Gasteiger partial charge is 0.463 e. The molecule has 4 atom stereocenters. The summed E-state index contributed by atoms with van der Waals surface area (Å²) >= 11 is 0. The van der Waals surface area contributed by atoms with Gasteiger partial charge in [-0.15, -0.1) is 0 Å². The number of unbranched alkanes of at least 4 members (excludes halogenated alkanes) is 51. The van der Waals surface area contributed by atoms with Crippen LogP contribution in [-0.2, 0) is 49.1 Å². The van der Waals surface area contributed by atoms with Gasteiger partial charge in [0.1, 0.15) is 34.5 Å². The third-order valence-electron chi connectivity index (χ3n) is 28.0. The lowest BCUT2D eigenvalue weighted by Gasteiger charge is -2.33. The first-order valence-corrected chi connectivity index (χ1v) is 60.3. The zero-order chi connectivity index (χ0) is 98.1. The molecular formula is C124H205O9P3. The van der Waals surface area contributed by atoms with Crippen molar-refractivity contribution in [1.29, 1.82) is 0 Å². The van der Waals surface area contributed by atoms with E-state index in [1.807, 2.05) is 0 Å². The Balaban J connectivity index is 1.43. The van der Waals surface area contributed by atoms with Crippen LogP contribution in [0.3, 0.4) is 0 Å². The molecule has 0 aliphatic rings. The molecule has 0 fully saturated rings. The van der Waals surface area contributed by atoms with Crippen LogP contribution in [0.4, 0.5) is 0 Å². The van der Waals surface area contributed by atoms with E-state index in [2.05, 4.69) is 241 Å². The van der Waals surface area contributed by atoms with Crippen LogP contribution in [0.5, 0.6) is 34.5 Å². The molecule has 0 aromatic heterocycles. The molecule has 6 aromatic carbocycles. The molecule has 0 heterocycles. The second kappa shape index (κ2) is 72.5. The molecule has 0 bridgehead atoms. The molecule has 136 heavy (non-hydrogen) atoms. The van der Waals surface area contributed by atoms with Crippen LogP contribution in [0.25, 0.3) is 0 Å². The summed E-state index contributed by atoms with van der Waals surface area (Å²) in [6.07, 6.45) is 77.6. The van der Waals surface area contributed by atoms with Crippen molar-refractivity contribution in [1.82, 2.24) is 0 Å². The number of hydrogen-bond acceptors (Lipinski definition) is 9. The topological polar surface area (TPSA) is 83.1 Å². The first-order valence-electron chi connectivity index (χ1n) is 57.0. The second-order valence-corrected chi connectivity index (χ2v) is 47.2. The van der Waals surface area contributed by atoms with Gasteiger partial charge in [-0.25, -0.2) is 0 Å². The molecule has 0 saturated heterocycles. The Bertz CT molecular complexity index is 3780. The van der Waals surface area contributed by atoms with Gasteiger partial charge in [0.25, 0.3) is 0 Å². The Morgan fingerprint density at radius 3 is 0.632 bits per heavy atom.